The van der Waals surface area contributed by atoms with Crippen LogP contribution in [-0.2, 0) is 16.6 Å². The van der Waals surface area contributed by atoms with Crippen LogP contribution in [0.1, 0.15) is 24.8 Å². The lowest BCUT2D eigenvalue weighted by Gasteiger charge is -2.15. The Morgan fingerprint density at radius 1 is 1.38 bits per heavy atom. The van der Waals surface area contributed by atoms with E-state index in [4.69, 9.17) is 0 Å². The van der Waals surface area contributed by atoms with E-state index in [-0.39, 0.29) is 6.04 Å². The first-order valence-corrected chi connectivity index (χ1v) is 10.5. The van der Waals surface area contributed by atoms with Crippen molar-refractivity contribution < 1.29 is 8.42 Å². The molecule has 2 rings (SSSR count). The highest BCUT2D eigenvalue weighted by molar-refractivity contribution is 9.10. The zero-order valence-corrected chi connectivity index (χ0v) is 15.4. The normalized spacial score (nSPS) is 22.6. The second-order valence-electron chi connectivity index (χ2n) is 5.28. The van der Waals surface area contributed by atoms with Crippen molar-refractivity contribution in [2.45, 2.75) is 42.0 Å². The molecule has 0 heterocycles. The van der Waals surface area contributed by atoms with Gasteiger partial charge in [0.2, 0.25) is 10.0 Å². The molecule has 118 valence electrons. The molecular formula is C14H21BrN2O2S2. The van der Waals surface area contributed by atoms with Crippen LogP contribution in [0, 0.1) is 0 Å². The highest BCUT2D eigenvalue weighted by Gasteiger charge is 2.29. The third kappa shape index (κ3) is 4.45. The molecule has 7 heteroatoms. The first kappa shape index (κ1) is 17.3. The Balaban J connectivity index is 2.12. The van der Waals surface area contributed by atoms with Gasteiger partial charge in [0, 0.05) is 22.3 Å². The summed E-state index contributed by atoms with van der Waals surface area (Å²) in [6, 6.07) is 5.41. The second-order valence-corrected chi connectivity index (χ2v) is 8.96. The number of rotatable bonds is 6. The van der Waals surface area contributed by atoms with Gasteiger partial charge in [-0.3, -0.25) is 0 Å². The summed E-state index contributed by atoms with van der Waals surface area (Å²) in [5.41, 5.74) is 1.05. The molecule has 1 aliphatic carbocycles. The fourth-order valence-electron chi connectivity index (χ4n) is 2.62. The number of hydrogen-bond donors (Lipinski definition) is 2. The van der Waals surface area contributed by atoms with Crippen LogP contribution in [-0.4, -0.2) is 33.0 Å². The van der Waals surface area contributed by atoms with Crippen LogP contribution in [0.4, 0.5) is 0 Å². The minimum absolute atomic E-state index is 0.0522. The van der Waals surface area contributed by atoms with Crippen molar-refractivity contribution in [2.24, 2.45) is 0 Å². The third-order valence-electron chi connectivity index (χ3n) is 3.71. The number of thioether (sulfide) groups is 1. The molecule has 0 aliphatic heterocycles. The lowest BCUT2D eigenvalue weighted by molar-refractivity contribution is 0.552. The fourth-order valence-corrected chi connectivity index (χ4v) is 5.83. The predicted octanol–water partition coefficient (Wildman–Crippen LogP) is 2.73. The van der Waals surface area contributed by atoms with E-state index in [0.29, 0.717) is 21.2 Å². The van der Waals surface area contributed by atoms with Gasteiger partial charge in [-0.2, -0.15) is 11.8 Å². The zero-order chi connectivity index (χ0) is 15.5. The second kappa shape index (κ2) is 7.46. The highest BCUT2D eigenvalue weighted by Crippen LogP contribution is 2.30. The summed E-state index contributed by atoms with van der Waals surface area (Å²) in [5, 5.41) is 3.62. The summed E-state index contributed by atoms with van der Waals surface area (Å²) in [5.74, 6) is 0. The highest BCUT2D eigenvalue weighted by atomic mass is 79.9. The molecule has 0 saturated heterocycles. The summed E-state index contributed by atoms with van der Waals surface area (Å²) < 4.78 is 28.5. The van der Waals surface area contributed by atoms with Crippen molar-refractivity contribution in [1.29, 1.82) is 0 Å². The van der Waals surface area contributed by atoms with Gasteiger partial charge >= 0.3 is 0 Å². The van der Waals surface area contributed by atoms with Gasteiger partial charge in [-0.05, 0) is 66.2 Å². The van der Waals surface area contributed by atoms with Crippen LogP contribution in [0.25, 0.3) is 0 Å². The Kier molecular flexibility index (Phi) is 6.14. The standard InChI is InChI=1S/C14H21BrN2O2S2/c1-16-9-10-3-6-14(13(15)7-10)21(18,19)17-11-4-5-12(8-11)20-2/h3,6-7,11-12,16-17H,4-5,8-9H2,1-2H3. The van der Waals surface area contributed by atoms with E-state index in [2.05, 4.69) is 32.2 Å². The maximum Gasteiger partial charge on any atom is 0.241 e. The van der Waals surface area contributed by atoms with Crippen LogP contribution in [0.15, 0.2) is 27.6 Å². The Bertz CT molecular complexity index is 593. The van der Waals surface area contributed by atoms with Crippen molar-refractivity contribution in [3.8, 4) is 0 Å². The minimum atomic E-state index is -3.46. The molecular weight excluding hydrogens is 372 g/mol. The van der Waals surface area contributed by atoms with Gasteiger partial charge in [-0.1, -0.05) is 6.07 Å². The van der Waals surface area contributed by atoms with Crippen molar-refractivity contribution in [1.82, 2.24) is 10.0 Å². The van der Waals surface area contributed by atoms with E-state index >= 15 is 0 Å². The summed E-state index contributed by atoms with van der Waals surface area (Å²) >= 11 is 5.19. The van der Waals surface area contributed by atoms with Gasteiger partial charge in [-0.25, -0.2) is 13.1 Å². The van der Waals surface area contributed by atoms with Crippen LogP contribution >= 0.6 is 27.7 Å². The number of nitrogens with one attached hydrogen (secondary N) is 2. The zero-order valence-electron chi connectivity index (χ0n) is 12.2. The predicted molar refractivity (Wildman–Crippen MR) is 92.2 cm³/mol. The average molecular weight is 393 g/mol. The SMILES string of the molecule is CNCc1ccc(S(=O)(=O)NC2CCC(SC)C2)c(Br)c1. The third-order valence-corrected chi connectivity index (χ3v) is 7.30. The number of halogens is 1. The molecule has 4 nitrogen and oxygen atoms in total. The quantitative estimate of drug-likeness (QED) is 0.781. The van der Waals surface area contributed by atoms with E-state index in [1.165, 1.54) is 0 Å². The van der Waals surface area contributed by atoms with Crippen LogP contribution in [0.5, 0.6) is 0 Å². The molecule has 21 heavy (non-hydrogen) atoms. The van der Waals surface area contributed by atoms with Gasteiger partial charge in [0.25, 0.3) is 0 Å². The average Bonchev–Trinajstić information content (AvgIpc) is 2.85. The molecule has 1 aliphatic rings. The largest absolute Gasteiger partial charge is 0.316 e. The van der Waals surface area contributed by atoms with Gasteiger partial charge in [-0.15, -0.1) is 0 Å². The lowest BCUT2D eigenvalue weighted by Crippen LogP contribution is -2.33. The number of hydrogen-bond acceptors (Lipinski definition) is 4. The minimum Gasteiger partial charge on any atom is -0.316 e. The number of sulfonamides is 1. The van der Waals surface area contributed by atoms with Gasteiger partial charge < -0.3 is 5.32 Å². The first-order valence-electron chi connectivity index (χ1n) is 6.94. The van der Waals surface area contributed by atoms with Gasteiger partial charge in [0.05, 0.1) is 4.90 Å². The monoisotopic (exact) mass is 392 g/mol. The van der Waals surface area contributed by atoms with Gasteiger partial charge in [0.15, 0.2) is 0 Å². The molecule has 2 atom stereocenters. The van der Waals surface area contributed by atoms with Crippen LogP contribution < -0.4 is 10.0 Å². The summed E-state index contributed by atoms with van der Waals surface area (Å²) in [4.78, 5) is 0.315. The summed E-state index contributed by atoms with van der Waals surface area (Å²) in [6.07, 6.45) is 4.99. The van der Waals surface area contributed by atoms with Crippen LogP contribution in [0.3, 0.4) is 0 Å². The molecule has 1 aromatic rings. The summed E-state index contributed by atoms with van der Waals surface area (Å²) in [7, 11) is -1.60. The number of benzene rings is 1. The smallest absolute Gasteiger partial charge is 0.241 e. The van der Waals surface area contributed by atoms with Crippen molar-refractivity contribution in [2.75, 3.05) is 13.3 Å². The van der Waals surface area contributed by atoms with Gasteiger partial charge in [0.1, 0.15) is 0 Å². The van der Waals surface area contributed by atoms with Crippen LogP contribution in [0.2, 0.25) is 0 Å². The van der Waals surface area contributed by atoms with E-state index in [0.717, 1.165) is 24.8 Å². The van der Waals surface area contributed by atoms with E-state index in [1.54, 1.807) is 6.07 Å². The molecule has 1 saturated carbocycles. The fraction of sp³-hybridized carbons (Fsp3) is 0.571. The Labute approximate surface area is 139 Å². The molecule has 2 unspecified atom stereocenters. The first-order chi connectivity index (χ1) is 9.96. The topological polar surface area (TPSA) is 58.2 Å². The van der Waals surface area contributed by atoms with E-state index in [1.807, 2.05) is 30.9 Å². The Morgan fingerprint density at radius 3 is 2.71 bits per heavy atom. The Morgan fingerprint density at radius 2 is 2.14 bits per heavy atom. The van der Waals surface area contributed by atoms with Crippen molar-refractivity contribution in [3.63, 3.8) is 0 Å². The molecule has 1 aromatic carbocycles. The van der Waals surface area contributed by atoms with E-state index in [9.17, 15) is 8.42 Å². The molecule has 0 amide bonds. The van der Waals surface area contributed by atoms with Crippen molar-refractivity contribution in [3.05, 3.63) is 28.2 Å². The van der Waals surface area contributed by atoms with E-state index < -0.39 is 10.0 Å². The molecule has 0 radical (unpaired) electrons. The molecule has 1 fully saturated rings. The molecule has 2 N–H and O–H groups in total. The summed E-state index contributed by atoms with van der Waals surface area (Å²) in [6.45, 7) is 0.713. The molecule has 0 aromatic heterocycles. The maximum absolute atomic E-state index is 12.5. The molecule has 0 bridgehead atoms. The lowest BCUT2D eigenvalue weighted by atomic mass is 10.2. The molecule has 0 spiro atoms. The van der Waals surface area contributed by atoms with Crippen molar-refractivity contribution >= 4 is 37.7 Å². The maximum atomic E-state index is 12.5. The Hall–Kier alpha value is -0.0800.